The normalized spacial score (nSPS) is 17.3. The van der Waals surface area contributed by atoms with Gasteiger partial charge in [0.1, 0.15) is 5.76 Å². The van der Waals surface area contributed by atoms with Crippen LogP contribution in [-0.2, 0) is 0 Å². The Balaban J connectivity index is 1.78. The Labute approximate surface area is 140 Å². The summed E-state index contributed by atoms with van der Waals surface area (Å²) in [5.74, 6) is 0.861. The molecule has 0 N–H and O–H groups in total. The quantitative estimate of drug-likeness (QED) is 0.583. The topological polar surface area (TPSA) is 25.5 Å². The third kappa shape index (κ3) is 2.97. The van der Waals surface area contributed by atoms with E-state index in [9.17, 15) is 0 Å². The average molecular weight is 319 g/mol. The van der Waals surface area contributed by atoms with Crippen LogP contribution in [0.2, 0.25) is 0 Å². The molecule has 0 saturated carbocycles. The fraction of sp³-hybridized carbons (Fsp3) is 0.150. The minimum atomic E-state index is 0.336. The van der Waals surface area contributed by atoms with Crippen LogP contribution < -0.4 is 0 Å². The number of aliphatic imine (C=N–C) groups is 1. The van der Waals surface area contributed by atoms with Gasteiger partial charge in [0.2, 0.25) is 0 Å². The van der Waals surface area contributed by atoms with E-state index in [4.69, 9.17) is 9.41 Å². The zero-order valence-corrected chi connectivity index (χ0v) is 13.7. The second-order valence-corrected chi connectivity index (χ2v) is 6.97. The predicted octanol–water partition coefficient (Wildman–Crippen LogP) is 5.95. The molecule has 3 heteroatoms. The van der Waals surface area contributed by atoms with Gasteiger partial charge < -0.3 is 4.42 Å². The third-order valence-electron chi connectivity index (χ3n) is 4.02. The van der Waals surface area contributed by atoms with Gasteiger partial charge in [-0.2, -0.15) is 0 Å². The maximum Gasteiger partial charge on any atom is 0.148 e. The number of aryl methyl sites for hydroxylation is 1. The Morgan fingerprint density at radius 1 is 1.00 bits per heavy atom. The Kier molecular flexibility index (Phi) is 3.80. The molecule has 4 rings (SSSR count). The van der Waals surface area contributed by atoms with Gasteiger partial charge in [0.25, 0.3) is 0 Å². The molecule has 0 fully saturated rings. The van der Waals surface area contributed by atoms with E-state index in [-0.39, 0.29) is 0 Å². The molecule has 1 aliphatic rings. The molecular formula is C20H17NOS. The molecular weight excluding hydrogens is 302 g/mol. The minimum absolute atomic E-state index is 0.336. The van der Waals surface area contributed by atoms with Crippen molar-refractivity contribution in [1.29, 1.82) is 0 Å². The molecule has 0 radical (unpaired) electrons. The predicted molar refractivity (Wildman–Crippen MR) is 95.7 cm³/mol. The monoisotopic (exact) mass is 319 g/mol. The van der Waals surface area contributed by atoms with Crippen molar-refractivity contribution in [3.8, 4) is 0 Å². The van der Waals surface area contributed by atoms with Crippen LogP contribution in [0, 0.1) is 6.92 Å². The van der Waals surface area contributed by atoms with Gasteiger partial charge in [-0.25, -0.2) is 4.99 Å². The van der Waals surface area contributed by atoms with Crippen LogP contribution in [0.1, 0.15) is 28.6 Å². The second kappa shape index (κ2) is 6.09. The van der Waals surface area contributed by atoms with Crippen molar-refractivity contribution in [2.24, 2.45) is 4.99 Å². The molecule has 1 aromatic heterocycles. The standard InChI is InChI=1S/C20H17NOS/c1-14-8-10-15(11-9-14)20-13-17(18-6-4-12-22-18)21-16-5-2-3-7-19(16)23-20/h2-12,20H,13H2,1H3. The molecule has 0 saturated heterocycles. The van der Waals surface area contributed by atoms with Crippen LogP contribution in [0.3, 0.4) is 0 Å². The number of furan rings is 1. The number of fused-ring (bicyclic) bond motifs is 1. The van der Waals surface area contributed by atoms with E-state index in [0.29, 0.717) is 5.25 Å². The lowest BCUT2D eigenvalue weighted by molar-refractivity contribution is 0.555. The molecule has 2 heterocycles. The van der Waals surface area contributed by atoms with Gasteiger partial charge in [-0.3, -0.25) is 0 Å². The van der Waals surface area contributed by atoms with Crippen LogP contribution in [0.5, 0.6) is 0 Å². The molecule has 0 aliphatic carbocycles. The van der Waals surface area contributed by atoms with E-state index < -0.39 is 0 Å². The van der Waals surface area contributed by atoms with Gasteiger partial charge in [-0.15, -0.1) is 11.8 Å². The average Bonchev–Trinajstić information content (AvgIpc) is 3.03. The molecule has 1 aliphatic heterocycles. The third-order valence-corrected chi connectivity index (χ3v) is 5.35. The van der Waals surface area contributed by atoms with Gasteiger partial charge in [-0.1, -0.05) is 42.0 Å². The largest absolute Gasteiger partial charge is 0.463 e. The number of hydrogen-bond donors (Lipinski definition) is 0. The highest BCUT2D eigenvalue weighted by molar-refractivity contribution is 7.99. The molecule has 2 nitrogen and oxygen atoms in total. The molecule has 1 atom stereocenters. The Bertz CT molecular complexity index is 834. The highest BCUT2D eigenvalue weighted by atomic mass is 32.2. The van der Waals surface area contributed by atoms with Crippen molar-refractivity contribution < 1.29 is 4.42 Å². The maximum atomic E-state index is 5.61. The summed E-state index contributed by atoms with van der Waals surface area (Å²) in [6, 6.07) is 21.0. The lowest BCUT2D eigenvalue weighted by atomic mass is 10.0. The van der Waals surface area contributed by atoms with Crippen molar-refractivity contribution in [2.75, 3.05) is 0 Å². The van der Waals surface area contributed by atoms with Gasteiger partial charge in [0.15, 0.2) is 0 Å². The van der Waals surface area contributed by atoms with E-state index in [1.165, 1.54) is 16.0 Å². The summed E-state index contributed by atoms with van der Waals surface area (Å²) >= 11 is 1.88. The Morgan fingerprint density at radius 2 is 1.83 bits per heavy atom. The van der Waals surface area contributed by atoms with Gasteiger partial charge in [-0.05, 0) is 36.8 Å². The fourth-order valence-corrected chi connectivity index (χ4v) is 4.01. The molecule has 114 valence electrons. The highest BCUT2D eigenvalue weighted by Gasteiger charge is 2.23. The van der Waals surface area contributed by atoms with Crippen LogP contribution in [-0.4, -0.2) is 5.71 Å². The first-order valence-corrected chi connectivity index (χ1v) is 8.61. The first-order valence-electron chi connectivity index (χ1n) is 7.73. The van der Waals surface area contributed by atoms with Crippen LogP contribution in [0.25, 0.3) is 0 Å². The lowest BCUT2D eigenvalue weighted by Gasteiger charge is -2.15. The number of hydrogen-bond acceptors (Lipinski definition) is 3. The van der Waals surface area contributed by atoms with Crippen molar-refractivity contribution in [1.82, 2.24) is 0 Å². The summed E-state index contributed by atoms with van der Waals surface area (Å²) in [5.41, 5.74) is 4.65. The molecule has 0 amide bonds. The zero-order valence-electron chi connectivity index (χ0n) is 12.9. The summed E-state index contributed by atoms with van der Waals surface area (Å²) in [5, 5.41) is 0.336. The van der Waals surface area contributed by atoms with Crippen LogP contribution in [0.15, 0.2) is 81.2 Å². The molecule has 2 aromatic carbocycles. The van der Waals surface area contributed by atoms with Crippen molar-refractivity contribution in [3.63, 3.8) is 0 Å². The summed E-state index contributed by atoms with van der Waals surface area (Å²) < 4.78 is 5.61. The molecule has 0 bridgehead atoms. The summed E-state index contributed by atoms with van der Waals surface area (Å²) in [7, 11) is 0. The van der Waals surface area contributed by atoms with E-state index in [1.807, 2.05) is 30.0 Å². The highest BCUT2D eigenvalue weighted by Crippen LogP contribution is 2.45. The van der Waals surface area contributed by atoms with Gasteiger partial charge >= 0.3 is 0 Å². The number of rotatable bonds is 2. The Hall–Kier alpha value is -2.26. The number of benzene rings is 2. The number of para-hydroxylation sites is 1. The summed E-state index contributed by atoms with van der Waals surface area (Å²) in [6.07, 6.45) is 2.57. The van der Waals surface area contributed by atoms with Gasteiger partial charge in [0, 0.05) is 16.6 Å². The number of thioether (sulfide) groups is 1. The number of nitrogens with zero attached hydrogens (tertiary/aromatic N) is 1. The molecule has 0 spiro atoms. The smallest absolute Gasteiger partial charge is 0.148 e. The Morgan fingerprint density at radius 3 is 2.61 bits per heavy atom. The lowest BCUT2D eigenvalue weighted by Crippen LogP contribution is -2.04. The van der Waals surface area contributed by atoms with E-state index in [1.54, 1.807) is 6.26 Å². The van der Waals surface area contributed by atoms with Crippen LogP contribution in [0.4, 0.5) is 5.69 Å². The first kappa shape index (κ1) is 14.3. The summed E-state index contributed by atoms with van der Waals surface area (Å²) in [4.78, 5) is 6.10. The molecule has 1 unspecified atom stereocenters. The zero-order chi connectivity index (χ0) is 15.6. The van der Waals surface area contributed by atoms with E-state index in [0.717, 1.165) is 23.6 Å². The maximum absolute atomic E-state index is 5.61. The molecule has 3 aromatic rings. The van der Waals surface area contributed by atoms with Crippen molar-refractivity contribution >= 4 is 23.2 Å². The van der Waals surface area contributed by atoms with Crippen molar-refractivity contribution in [2.45, 2.75) is 23.5 Å². The summed E-state index contributed by atoms with van der Waals surface area (Å²) in [6.45, 7) is 2.12. The van der Waals surface area contributed by atoms with Gasteiger partial charge in [0.05, 0.1) is 17.7 Å². The van der Waals surface area contributed by atoms with Crippen LogP contribution >= 0.6 is 11.8 Å². The fourth-order valence-electron chi connectivity index (χ4n) is 2.78. The molecule has 23 heavy (non-hydrogen) atoms. The van der Waals surface area contributed by atoms with E-state index >= 15 is 0 Å². The SMILES string of the molecule is Cc1ccc(C2CC(c3ccco3)=Nc3ccccc3S2)cc1. The first-order chi connectivity index (χ1) is 11.3. The van der Waals surface area contributed by atoms with Crippen molar-refractivity contribution in [3.05, 3.63) is 83.8 Å². The minimum Gasteiger partial charge on any atom is -0.463 e. The second-order valence-electron chi connectivity index (χ2n) is 5.72. The van der Waals surface area contributed by atoms with E-state index in [2.05, 4.69) is 49.4 Å².